The Morgan fingerprint density at radius 3 is 2.00 bits per heavy atom. The summed E-state index contributed by atoms with van der Waals surface area (Å²) in [7, 11) is 0. The minimum absolute atomic E-state index is 0. The predicted molar refractivity (Wildman–Crippen MR) is 20.1 cm³/mol. The van der Waals surface area contributed by atoms with Crippen LogP contribution in [0.3, 0.4) is 0 Å². The molecule has 0 aromatic heterocycles. The summed E-state index contributed by atoms with van der Waals surface area (Å²) in [4.78, 5) is 12.5. The van der Waals surface area contributed by atoms with Crippen LogP contribution < -0.4 is 0 Å². The normalized spacial score (nSPS) is 5.67. The van der Waals surface area contributed by atoms with Gasteiger partial charge in [0.15, 0.2) is 0 Å². The smallest absolute Gasteiger partial charge is 0.301 e. The van der Waals surface area contributed by atoms with Gasteiger partial charge in [0.25, 0.3) is 0 Å². The molecule has 0 atom stereocenters. The molecule has 0 aliphatic heterocycles. The first kappa shape index (κ1) is 9.50. The maximum atomic E-state index is 9.34. The summed E-state index contributed by atoms with van der Waals surface area (Å²) in [6.07, 6.45) is 0. The second-order valence-corrected chi connectivity index (χ2v) is 0.583. The van der Waals surface area contributed by atoms with Crippen molar-refractivity contribution >= 4 is 29.0 Å². The minimum atomic E-state index is -0.690. The standard InChI is InChI=1S/C2H4O3.Mg/c1-2(3)5-4;/h4H,1H3;/q;+2. The van der Waals surface area contributed by atoms with E-state index in [0.717, 1.165) is 6.92 Å². The van der Waals surface area contributed by atoms with Crippen molar-refractivity contribution < 1.29 is 14.9 Å². The maximum Gasteiger partial charge on any atom is 2.00 e. The first-order chi connectivity index (χ1) is 2.27. The molecular formula is C2H4MgO3+2. The van der Waals surface area contributed by atoms with E-state index in [2.05, 4.69) is 4.89 Å². The van der Waals surface area contributed by atoms with Crippen LogP contribution in [0.15, 0.2) is 0 Å². The maximum absolute atomic E-state index is 9.34. The van der Waals surface area contributed by atoms with E-state index >= 15 is 0 Å². The largest absolute Gasteiger partial charge is 2.00 e. The molecule has 6 heavy (non-hydrogen) atoms. The molecule has 0 aliphatic carbocycles. The van der Waals surface area contributed by atoms with Crippen molar-refractivity contribution in [3.8, 4) is 0 Å². The summed E-state index contributed by atoms with van der Waals surface area (Å²) in [6.45, 7) is 1.11. The summed E-state index contributed by atoms with van der Waals surface area (Å²) in [5.74, 6) is -0.690. The topological polar surface area (TPSA) is 46.5 Å². The minimum Gasteiger partial charge on any atom is -0.301 e. The van der Waals surface area contributed by atoms with Crippen molar-refractivity contribution in [1.29, 1.82) is 0 Å². The Bertz CT molecular complexity index is 44.1. The Kier molecular flexibility index (Phi) is 8.23. The SMILES string of the molecule is CC(=O)OO.[Mg+2]. The van der Waals surface area contributed by atoms with Crippen LogP contribution in [0.5, 0.6) is 0 Å². The van der Waals surface area contributed by atoms with E-state index in [-0.39, 0.29) is 23.1 Å². The van der Waals surface area contributed by atoms with Crippen LogP contribution in [0.25, 0.3) is 0 Å². The van der Waals surface area contributed by atoms with Crippen LogP contribution in [-0.4, -0.2) is 34.3 Å². The van der Waals surface area contributed by atoms with E-state index in [1.54, 1.807) is 0 Å². The third-order valence-corrected chi connectivity index (χ3v) is 0.129. The van der Waals surface area contributed by atoms with Crippen molar-refractivity contribution in [1.82, 2.24) is 0 Å². The van der Waals surface area contributed by atoms with Gasteiger partial charge >= 0.3 is 29.0 Å². The monoisotopic (exact) mass is 100.0 g/mol. The van der Waals surface area contributed by atoms with Crippen LogP contribution in [0.1, 0.15) is 6.92 Å². The molecule has 0 saturated heterocycles. The number of rotatable bonds is 0. The van der Waals surface area contributed by atoms with Gasteiger partial charge in [-0.2, -0.15) is 5.26 Å². The van der Waals surface area contributed by atoms with Crippen LogP contribution in [0, 0.1) is 0 Å². The average molecular weight is 100 g/mol. The molecule has 0 unspecified atom stereocenters. The summed E-state index contributed by atoms with van der Waals surface area (Å²) in [6, 6.07) is 0. The van der Waals surface area contributed by atoms with Gasteiger partial charge in [0.05, 0.1) is 0 Å². The fourth-order valence-electron chi connectivity index (χ4n) is 0. The quantitative estimate of drug-likeness (QED) is 0.257. The molecule has 0 aliphatic rings. The van der Waals surface area contributed by atoms with Crippen molar-refractivity contribution in [2.45, 2.75) is 6.92 Å². The molecule has 30 valence electrons. The van der Waals surface area contributed by atoms with Gasteiger partial charge in [0, 0.05) is 6.92 Å². The van der Waals surface area contributed by atoms with E-state index in [4.69, 9.17) is 5.26 Å². The first-order valence-electron chi connectivity index (χ1n) is 1.09. The molecule has 0 heterocycles. The second kappa shape index (κ2) is 5.20. The van der Waals surface area contributed by atoms with Gasteiger partial charge in [-0.15, -0.1) is 0 Å². The van der Waals surface area contributed by atoms with Crippen molar-refractivity contribution in [3.63, 3.8) is 0 Å². The predicted octanol–water partition coefficient (Wildman–Crippen LogP) is -0.358. The zero-order chi connectivity index (χ0) is 4.28. The molecule has 0 spiro atoms. The fourth-order valence-corrected chi connectivity index (χ4v) is 0. The number of carbonyl (C=O) groups excluding carboxylic acids is 1. The molecule has 4 heteroatoms. The molecular weight excluding hydrogens is 96.3 g/mol. The van der Waals surface area contributed by atoms with Crippen LogP contribution in [0.4, 0.5) is 0 Å². The van der Waals surface area contributed by atoms with Gasteiger partial charge in [-0.05, 0) is 0 Å². The Morgan fingerprint density at radius 2 is 2.00 bits per heavy atom. The molecule has 0 aromatic carbocycles. The second-order valence-electron chi connectivity index (χ2n) is 0.583. The Hall–Kier alpha value is 0.196. The molecule has 0 saturated carbocycles. The van der Waals surface area contributed by atoms with E-state index in [1.165, 1.54) is 0 Å². The third-order valence-electron chi connectivity index (χ3n) is 0.129. The summed E-state index contributed by atoms with van der Waals surface area (Å²) >= 11 is 0. The zero-order valence-electron chi connectivity index (χ0n) is 3.47. The van der Waals surface area contributed by atoms with E-state index in [1.807, 2.05) is 0 Å². The van der Waals surface area contributed by atoms with Gasteiger partial charge in [-0.1, -0.05) is 0 Å². The average Bonchev–Trinajstić information content (AvgIpc) is 1.38. The van der Waals surface area contributed by atoms with Crippen LogP contribution >= 0.6 is 0 Å². The molecule has 1 N–H and O–H groups in total. The molecule has 0 aromatic rings. The molecule has 0 fully saturated rings. The summed E-state index contributed by atoms with van der Waals surface area (Å²) < 4.78 is 0. The summed E-state index contributed by atoms with van der Waals surface area (Å²) in [5.41, 5.74) is 0. The van der Waals surface area contributed by atoms with Crippen LogP contribution in [0.2, 0.25) is 0 Å². The van der Waals surface area contributed by atoms with E-state index in [9.17, 15) is 4.79 Å². The van der Waals surface area contributed by atoms with Gasteiger partial charge in [0.1, 0.15) is 0 Å². The Morgan fingerprint density at radius 1 is 1.83 bits per heavy atom. The zero-order valence-corrected chi connectivity index (χ0v) is 4.89. The molecule has 0 radical (unpaired) electrons. The molecule has 0 rings (SSSR count). The van der Waals surface area contributed by atoms with E-state index in [0.29, 0.717) is 0 Å². The van der Waals surface area contributed by atoms with Gasteiger partial charge in [0.2, 0.25) is 0 Å². The van der Waals surface area contributed by atoms with Crippen molar-refractivity contribution in [2.75, 3.05) is 0 Å². The van der Waals surface area contributed by atoms with Crippen molar-refractivity contribution in [3.05, 3.63) is 0 Å². The molecule has 0 bridgehead atoms. The van der Waals surface area contributed by atoms with Crippen LogP contribution in [-0.2, 0) is 9.68 Å². The molecule has 3 nitrogen and oxygen atoms in total. The third kappa shape index (κ3) is 8.89. The Balaban J connectivity index is 0. The summed E-state index contributed by atoms with van der Waals surface area (Å²) in [5, 5.41) is 7.29. The van der Waals surface area contributed by atoms with Gasteiger partial charge in [-0.3, -0.25) is 0 Å². The van der Waals surface area contributed by atoms with E-state index < -0.39 is 5.97 Å². The first-order valence-corrected chi connectivity index (χ1v) is 1.09. The number of carbonyl (C=O) groups is 1. The number of hydrogen-bond donors (Lipinski definition) is 1. The number of hydrogen-bond acceptors (Lipinski definition) is 3. The van der Waals surface area contributed by atoms with Gasteiger partial charge < -0.3 is 4.89 Å². The van der Waals surface area contributed by atoms with Gasteiger partial charge in [-0.25, -0.2) is 4.79 Å². The van der Waals surface area contributed by atoms with Crippen molar-refractivity contribution in [2.24, 2.45) is 0 Å². The molecule has 0 amide bonds. The fraction of sp³-hybridized carbons (Fsp3) is 0.500. The Labute approximate surface area is 51.4 Å².